The minimum absolute atomic E-state index is 0.213. The third-order valence-electron chi connectivity index (χ3n) is 3.76. The minimum Gasteiger partial charge on any atom is -0.399 e. The molecule has 1 saturated heterocycles. The van der Waals surface area contributed by atoms with E-state index in [1.165, 1.54) is 37.9 Å². The van der Waals surface area contributed by atoms with Crippen LogP contribution in [0.3, 0.4) is 0 Å². The molecule has 2 nitrogen and oxygen atoms in total. The summed E-state index contributed by atoms with van der Waals surface area (Å²) in [5.41, 5.74) is 8.19. The van der Waals surface area contributed by atoms with E-state index in [1.54, 1.807) is 0 Å². The van der Waals surface area contributed by atoms with Gasteiger partial charge < -0.3 is 10.6 Å². The van der Waals surface area contributed by atoms with E-state index in [1.807, 2.05) is 12.1 Å². The lowest BCUT2D eigenvalue weighted by Crippen LogP contribution is -2.39. The van der Waals surface area contributed by atoms with Crippen LogP contribution in [0.2, 0.25) is 0 Å². The first kappa shape index (κ1) is 12.4. The monoisotopic (exact) mass is 232 g/mol. The van der Waals surface area contributed by atoms with E-state index >= 15 is 0 Å². The molecule has 0 aliphatic carbocycles. The lowest BCUT2D eigenvalue weighted by Gasteiger charge is -2.35. The summed E-state index contributed by atoms with van der Waals surface area (Å²) in [5, 5.41) is 0. The number of nitrogens with two attached hydrogens (primary N) is 1. The Morgan fingerprint density at radius 3 is 2.24 bits per heavy atom. The fraction of sp³-hybridized carbons (Fsp3) is 0.600. The molecule has 0 saturated carbocycles. The molecule has 0 amide bonds. The van der Waals surface area contributed by atoms with Crippen molar-refractivity contribution in [2.24, 2.45) is 0 Å². The van der Waals surface area contributed by atoms with E-state index in [9.17, 15) is 0 Å². The molecule has 0 unspecified atom stereocenters. The Bertz CT molecular complexity index is 348. The van der Waals surface area contributed by atoms with Gasteiger partial charge in [0.25, 0.3) is 0 Å². The number of nitrogen functional groups attached to an aromatic ring is 1. The zero-order valence-corrected chi connectivity index (χ0v) is 11.1. The molecule has 0 aromatic heterocycles. The van der Waals surface area contributed by atoms with Crippen LogP contribution in [0.4, 0.5) is 5.69 Å². The average Bonchev–Trinajstić information content (AvgIpc) is 2.30. The summed E-state index contributed by atoms with van der Waals surface area (Å²) in [4.78, 5) is 2.60. The van der Waals surface area contributed by atoms with Gasteiger partial charge in [0.1, 0.15) is 0 Å². The van der Waals surface area contributed by atoms with Crippen LogP contribution in [0, 0.1) is 0 Å². The molecule has 2 rings (SSSR count). The van der Waals surface area contributed by atoms with Gasteiger partial charge in [-0.05, 0) is 43.6 Å². The number of hydrogen-bond donors (Lipinski definition) is 1. The predicted octanol–water partition coefficient (Wildman–Crippen LogP) is 3.03. The second-order valence-electron chi connectivity index (χ2n) is 5.84. The fourth-order valence-corrected chi connectivity index (χ4v) is 2.70. The number of hydrogen-bond acceptors (Lipinski definition) is 2. The molecular weight excluding hydrogens is 208 g/mol. The maximum atomic E-state index is 5.74. The number of rotatable bonds is 3. The summed E-state index contributed by atoms with van der Waals surface area (Å²) >= 11 is 0. The second kappa shape index (κ2) is 5.09. The number of nitrogens with zero attached hydrogens (tertiary/aromatic N) is 1. The molecule has 1 aliphatic rings. The lowest BCUT2D eigenvalue weighted by molar-refractivity contribution is 0.190. The van der Waals surface area contributed by atoms with Crippen molar-refractivity contribution in [1.29, 1.82) is 0 Å². The van der Waals surface area contributed by atoms with Crippen molar-refractivity contribution >= 4 is 5.69 Å². The molecule has 1 aromatic carbocycles. The molecule has 1 aliphatic heterocycles. The van der Waals surface area contributed by atoms with E-state index in [0.29, 0.717) is 0 Å². The van der Waals surface area contributed by atoms with Crippen LogP contribution in [-0.2, 0) is 5.41 Å². The van der Waals surface area contributed by atoms with Crippen LogP contribution in [0.25, 0.3) is 0 Å². The van der Waals surface area contributed by atoms with E-state index in [2.05, 4.69) is 30.9 Å². The molecule has 17 heavy (non-hydrogen) atoms. The van der Waals surface area contributed by atoms with Crippen molar-refractivity contribution in [3.63, 3.8) is 0 Å². The predicted molar refractivity (Wildman–Crippen MR) is 74.2 cm³/mol. The van der Waals surface area contributed by atoms with E-state index < -0.39 is 0 Å². The summed E-state index contributed by atoms with van der Waals surface area (Å²) in [6.07, 6.45) is 4.12. The van der Waals surface area contributed by atoms with Crippen LogP contribution < -0.4 is 5.73 Å². The van der Waals surface area contributed by atoms with Crippen molar-refractivity contribution in [3.8, 4) is 0 Å². The Balaban J connectivity index is 2.04. The summed E-state index contributed by atoms with van der Waals surface area (Å²) in [6, 6.07) is 8.35. The molecule has 0 bridgehead atoms. The largest absolute Gasteiger partial charge is 0.399 e. The molecule has 1 heterocycles. The molecule has 0 spiro atoms. The van der Waals surface area contributed by atoms with Crippen LogP contribution in [-0.4, -0.2) is 24.5 Å². The van der Waals surface area contributed by atoms with Gasteiger partial charge in [-0.2, -0.15) is 0 Å². The van der Waals surface area contributed by atoms with E-state index in [-0.39, 0.29) is 5.41 Å². The average molecular weight is 232 g/mol. The molecule has 0 atom stereocenters. The smallest absolute Gasteiger partial charge is 0.0314 e. The quantitative estimate of drug-likeness (QED) is 0.812. The highest BCUT2D eigenvalue weighted by Crippen LogP contribution is 2.26. The molecule has 1 fully saturated rings. The molecule has 1 aromatic rings. The minimum atomic E-state index is 0.213. The lowest BCUT2D eigenvalue weighted by atomic mass is 9.83. The van der Waals surface area contributed by atoms with Gasteiger partial charge >= 0.3 is 0 Å². The summed E-state index contributed by atoms with van der Waals surface area (Å²) < 4.78 is 0. The molecule has 2 heteroatoms. The number of piperidine rings is 1. The Kier molecular flexibility index (Phi) is 3.72. The molecule has 94 valence electrons. The molecular formula is C15H24N2. The Morgan fingerprint density at radius 2 is 1.65 bits per heavy atom. The normalized spacial score (nSPS) is 18.2. The van der Waals surface area contributed by atoms with Crippen molar-refractivity contribution in [3.05, 3.63) is 29.8 Å². The van der Waals surface area contributed by atoms with Crippen LogP contribution >= 0.6 is 0 Å². The van der Waals surface area contributed by atoms with Crippen LogP contribution in [0.5, 0.6) is 0 Å². The van der Waals surface area contributed by atoms with Gasteiger partial charge in [-0.15, -0.1) is 0 Å². The van der Waals surface area contributed by atoms with Crippen molar-refractivity contribution in [2.75, 3.05) is 25.4 Å². The zero-order valence-electron chi connectivity index (χ0n) is 11.1. The second-order valence-corrected chi connectivity index (χ2v) is 5.84. The first-order valence-electron chi connectivity index (χ1n) is 6.66. The third-order valence-corrected chi connectivity index (χ3v) is 3.76. The standard InChI is InChI=1S/C15H24N2/c1-15(2,12-17-10-4-3-5-11-17)13-6-8-14(16)9-7-13/h6-9H,3-5,10-12,16H2,1-2H3. The first-order valence-corrected chi connectivity index (χ1v) is 6.66. The molecule has 2 N–H and O–H groups in total. The fourth-order valence-electron chi connectivity index (χ4n) is 2.70. The van der Waals surface area contributed by atoms with E-state index in [0.717, 1.165) is 12.2 Å². The van der Waals surface area contributed by atoms with Gasteiger partial charge in [0, 0.05) is 17.6 Å². The van der Waals surface area contributed by atoms with Crippen molar-refractivity contribution in [1.82, 2.24) is 4.90 Å². The Morgan fingerprint density at radius 1 is 1.06 bits per heavy atom. The topological polar surface area (TPSA) is 29.3 Å². The number of likely N-dealkylation sites (tertiary alicyclic amines) is 1. The van der Waals surface area contributed by atoms with Gasteiger partial charge in [-0.1, -0.05) is 32.4 Å². The van der Waals surface area contributed by atoms with Crippen molar-refractivity contribution in [2.45, 2.75) is 38.5 Å². The summed E-state index contributed by atoms with van der Waals surface area (Å²) in [6.45, 7) is 8.33. The van der Waals surface area contributed by atoms with Crippen molar-refractivity contribution < 1.29 is 0 Å². The van der Waals surface area contributed by atoms with Crippen LogP contribution in [0.1, 0.15) is 38.7 Å². The van der Waals surface area contributed by atoms with Gasteiger partial charge in [-0.3, -0.25) is 0 Å². The maximum absolute atomic E-state index is 5.74. The highest BCUT2D eigenvalue weighted by Gasteiger charge is 2.24. The van der Waals surface area contributed by atoms with E-state index in [4.69, 9.17) is 5.73 Å². The van der Waals surface area contributed by atoms with Gasteiger partial charge in [-0.25, -0.2) is 0 Å². The molecule has 0 radical (unpaired) electrons. The van der Waals surface area contributed by atoms with Gasteiger partial charge in [0.15, 0.2) is 0 Å². The highest BCUT2D eigenvalue weighted by molar-refractivity contribution is 5.41. The number of anilines is 1. The van der Waals surface area contributed by atoms with Gasteiger partial charge in [0.2, 0.25) is 0 Å². The zero-order chi connectivity index (χ0) is 12.3. The summed E-state index contributed by atoms with van der Waals surface area (Å²) in [7, 11) is 0. The third kappa shape index (κ3) is 3.22. The highest BCUT2D eigenvalue weighted by atomic mass is 15.1. The summed E-state index contributed by atoms with van der Waals surface area (Å²) in [5.74, 6) is 0. The SMILES string of the molecule is CC(C)(CN1CCCCC1)c1ccc(N)cc1. The Hall–Kier alpha value is -1.02. The van der Waals surface area contributed by atoms with Crippen LogP contribution in [0.15, 0.2) is 24.3 Å². The van der Waals surface area contributed by atoms with Gasteiger partial charge in [0.05, 0.1) is 0 Å². The number of benzene rings is 1. The first-order chi connectivity index (χ1) is 8.08. The maximum Gasteiger partial charge on any atom is 0.0314 e. The Labute approximate surface area is 105 Å².